The topological polar surface area (TPSA) is 50.3 Å². The second-order valence-electron chi connectivity index (χ2n) is 3.88. The number of hydrogen-bond acceptors (Lipinski definition) is 3. The summed E-state index contributed by atoms with van der Waals surface area (Å²) in [5, 5.41) is 0.336. The molecule has 0 aromatic carbocycles. The van der Waals surface area contributed by atoms with E-state index in [1.54, 1.807) is 25.3 Å². The molecule has 0 bridgehead atoms. The second kappa shape index (κ2) is 4.22. The summed E-state index contributed by atoms with van der Waals surface area (Å²) in [6.07, 6.45) is 1.86. The minimum Gasteiger partial charge on any atom is -0.278 e. The van der Waals surface area contributed by atoms with E-state index < -0.39 is 0 Å². The van der Waals surface area contributed by atoms with E-state index >= 15 is 0 Å². The van der Waals surface area contributed by atoms with E-state index in [1.165, 1.54) is 4.90 Å². The van der Waals surface area contributed by atoms with Crippen molar-refractivity contribution in [1.29, 1.82) is 0 Å². The number of rotatable bonds is 2. The molecule has 2 heterocycles. The van der Waals surface area contributed by atoms with Gasteiger partial charge in [-0.15, -0.1) is 0 Å². The normalized spacial score (nSPS) is 20.6. The number of imide groups is 1. The highest BCUT2D eigenvalue weighted by Crippen LogP contribution is 2.23. The third-order valence-electron chi connectivity index (χ3n) is 2.63. The van der Waals surface area contributed by atoms with Gasteiger partial charge in [0, 0.05) is 24.1 Å². The smallest absolute Gasteiger partial charge is 0.232 e. The van der Waals surface area contributed by atoms with Crippen molar-refractivity contribution in [2.75, 3.05) is 0 Å². The van der Waals surface area contributed by atoms with Gasteiger partial charge in [-0.3, -0.25) is 14.5 Å². The first-order valence-corrected chi connectivity index (χ1v) is 5.41. The number of pyridine rings is 1. The Morgan fingerprint density at radius 1 is 1.56 bits per heavy atom. The fourth-order valence-electron chi connectivity index (χ4n) is 1.72. The molecule has 84 valence electrons. The first kappa shape index (κ1) is 11.1. The minimum atomic E-state index is -0.219. The third kappa shape index (κ3) is 1.93. The molecule has 1 unspecified atom stereocenters. The zero-order valence-electron chi connectivity index (χ0n) is 8.81. The molecule has 4 nitrogen and oxygen atoms in total. The molecule has 1 fully saturated rings. The number of halogens is 1. The number of aromatic nitrogens is 1. The van der Waals surface area contributed by atoms with Crippen LogP contribution < -0.4 is 0 Å². The van der Waals surface area contributed by atoms with Crippen molar-refractivity contribution in [3.05, 3.63) is 29.0 Å². The Bertz CT molecular complexity index is 447. The Morgan fingerprint density at radius 2 is 2.31 bits per heavy atom. The first-order chi connectivity index (χ1) is 7.59. The summed E-state index contributed by atoms with van der Waals surface area (Å²) in [5.41, 5.74) is 0.694. The molecule has 1 atom stereocenters. The van der Waals surface area contributed by atoms with Gasteiger partial charge in [-0.2, -0.15) is 0 Å². The Hall–Kier alpha value is -1.42. The maximum absolute atomic E-state index is 11.7. The highest BCUT2D eigenvalue weighted by Gasteiger charge is 2.35. The van der Waals surface area contributed by atoms with Gasteiger partial charge in [-0.25, -0.2) is 4.98 Å². The van der Waals surface area contributed by atoms with E-state index in [9.17, 15) is 9.59 Å². The van der Waals surface area contributed by atoms with E-state index in [2.05, 4.69) is 4.98 Å². The van der Waals surface area contributed by atoms with Crippen LogP contribution in [0.4, 0.5) is 0 Å². The number of likely N-dealkylation sites (tertiary alicyclic amines) is 1. The molecule has 0 aliphatic carbocycles. The van der Waals surface area contributed by atoms with Crippen molar-refractivity contribution in [3.63, 3.8) is 0 Å². The molecule has 0 radical (unpaired) electrons. The van der Waals surface area contributed by atoms with Crippen LogP contribution in [-0.2, 0) is 16.1 Å². The molecule has 0 spiro atoms. The predicted octanol–water partition coefficient (Wildman–Crippen LogP) is 1.63. The molecule has 1 saturated heterocycles. The standard InChI is InChI=1S/C11H11ClN2O2/c1-7-5-9(15)14(11(7)16)6-8-3-2-4-13-10(8)12/h2-4,7H,5-6H2,1H3. The van der Waals surface area contributed by atoms with Crippen LogP contribution in [0.2, 0.25) is 5.15 Å². The van der Waals surface area contributed by atoms with Gasteiger partial charge >= 0.3 is 0 Å². The number of nitrogens with zero attached hydrogens (tertiary/aromatic N) is 2. The quantitative estimate of drug-likeness (QED) is 0.581. The van der Waals surface area contributed by atoms with E-state index in [4.69, 9.17) is 11.6 Å². The monoisotopic (exact) mass is 238 g/mol. The number of carbonyl (C=O) groups excluding carboxylic acids is 2. The zero-order valence-corrected chi connectivity index (χ0v) is 9.57. The van der Waals surface area contributed by atoms with Crippen LogP contribution in [0.3, 0.4) is 0 Å². The van der Waals surface area contributed by atoms with Crippen LogP contribution in [0.25, 0.3) is 0 Å². The average molecular weight is 239 g/mol. The molecule has 1 aliphatic rings. The van der Waals surface area contributed by atoms with Gasteiger partial charge in [-0.1, -0.05) is 24.6 Å². The van der Waals surface area contributed by atoms with Gasteiger partial charge in [0.05, 0.1) is 6.54 Å². The largest absolute Gasteiger partial charge is 0.278 e. The highest BCUT2D eigenvalue weighted by atomic mass is 35.5. The number of hydrogen-bond donors (Lipinski definition) is 0. The van der Waals surface area contributed by atoms with E-state index in [-0.39, 0.29) is 30.7 Å². The van der Waals surface area contributed by atoms with Crippen LogP contribution >= 0.6 is 11.6 Å². The first-order valence-electron chi connectivity index (χ1n) is 5.03. The van der Waals surface area contributed by atoms with Crippen molar-refractivity contribution in [1.82, 2.24) is 9.88 Å². The lowest BCUT2D eigenvalue weighted by molar-refractivity contribution is -0.139. The average Bonchev–Trinajstić information content (AvgIpc) is 2.48. The van der Waals surface area contributed by atoms with E-state index in [0.29, 0.717) is 10.7 Å². The van der Waals surface area contributed by atoms with Gasteiger partial charge in [0.1, 0.15) is 5.15 Å². The lowest BCUT2D eigenvalue weighted by Crippen LogP contribution is -2.29. The second-order valence-corrected chi connectivity index (χ2v) is 4.23. The summed E-state index contributed by atoms with van der Waals surface area (Å²) in [4.78, 5) is 28.4. The van der Waals surface area contributed by atoms with Crippen molar-refractivity contribution in [2.45, 2.75) is 19.9 Å². The molecule has 0 N–H and O–H groups in total. The summed E-state index contributed by atoms with van der Waals surface area (Å²) >= 11 is 5.87. The fourth-order valence-corrected chi connectivity index (χ4v) is 1.90. The zero-order chi connectivity index (χ0) is 11.7. The van der Waals surface area contributed by atoms with Crippen LogP contribution in [-0.4, -0.2) is 21.7 Å². The van der Waals surface area contributed by atoms with Crippen LogP contribution in [0.1, 0.15) is 18.9 Å². The van der Waals surface area contributed by atoms with Crippen molar-refractivity contribution < 1.29 is 9.59 Å². The molecule has 2 amide bonds. The molecule has 5 heteroatoms. The maximum atomic E-state index is 11.7. The number of carbonyl (C=O) groups is 2. The highest BCUT2D eigenvalue weighted by molar-refractivity contribution is 6.30. The summed E-state index contributed by atoms with van der Waals surface area (Å²) in [6.45, 7) is 1.97. The molecule has 1 aromatic heterocycles. The van der Waals surface area contributed by atoms with Gasteiger partial charge in [-0.05, 0) is 6.07 Å². The molecule has 1 aliphatic heterocycles. The Labute approximate surface area is 98.2 Å². The van der Waals surface area contributed by atoms with Gasteiger partial charge in [0.2, 0.25) is 11.8 Å². The lowest BCUT2D eigenvalue weighted by Gasteiger charge is -2.14. The predicted molar refractivity (Wildman–Crippen MR) is 58.6 cm³/mol. The van der Waals surface area contributed by atoms with Gasteiger partial charge < -0.3 is 0 Å². The van der Waals surface area contributed by atoms with Crippen LogP contribution in [0.5, 0.6) is 0 Å². The fraction of sp³-hybridized carbons (Fsp3) is 0.364. The maximum Gasteiger partial charge on any atom is 0.232 e. The molecular weight excluding hydrogens is 228 g/mol. The van der Waals surface area contributed by atoms with E-state index in [0.717, 1.165) is 0 Å². The molecule has 16 heavy (non-hydrogen) atoms. The van der Waals surface area contributed by atoms with Gasteiger partial charge in [0.25, 0.3) is 0 Å². The molecular formula is C11H11ClN2O2. The van der Waals surface area contributed by atoms with Crippen molar-refractivity contribution in [2.24, 2.45) is 5.92 Å². The van der Waals surface area contributed by atoms with Gasteiger partial charge in [0.15, 0.2) is 0 Å². The van der Waals surface area contributed by atoms with Crippen molar-refractivity contribution >= 4 is 23.4 Å². The molecule has 1 aromatic rings. The van der Waals surface area contributed by atoms with Crippen LogP contribution in [0.15, 0.2) is 18.3 Å². The summed E-state index contributed by atoms with van der Waals surface area (Å²) in [7, 11) is 0. The lowest BCUT2D eigenvalue weighted by atomic mass is 10.1. The Morgan fingerprint density at radius 3 is 2.88 bits per heavy atom. The SMILES string of the molecule is CC1CC(=O)N(Cc2cccnc2Cl)C1=O. The summed E-state index contributed by atoms with van der Waals surface area (Å²) < 4.78 is 0. The minimum absolute atomic E-state index is 0.134. The van der Waals surface area contributed by atoms with Crippen molar-refractivity contribution in [3.8, 4) is 0 Å². The Kier molecular flexibility index (Phi) is 2.92. The Balaban J connectivity index is 2.20. The third-order valence-corrected chi connectivity index (χ3v) is 2.97. The summed E-state index contributed by atoms with van der Waals surface area (Å²) in [5.74, 6) is -0.495. The van der Waals surface area contributed by atoms with E-state index in [1.807, 2.05) is 0 Å². The number of amides is 2. The summed E-state index contributed by atoms with van der Waals surface area (Å²) in [6, 6.07) is 3.49. The molecule has 2 rings (SSSR count). The molecule has 0 saturated carbocycles. The van der Waals surface area contributed by atoms with Crippen LogP contribution in [0, 0.1) is 5.92 Å².